The molecule has 4 heterocycles. The largest absolute Gasteiger partial charge is 0.295 e. The summed E-state index contributed by atoms with van der Waals surface area (Å²) in [5.74, 6) is 0. The monoisotopic (exact) mass is 714 g/mol. The van der Waals surface area contributed by atoms with Gasteiger partial charge in [-0.2, -0.15) is 0 Å². The third-order valence-electron chi connectivity index (χ3n) is 11.5. The van der Waals surface area contributed by atoms with Gasteiger partial charge in [0.1, 0.15) is 11.3 Å². The number of fused-ring (bicyclic) bond motifs is 10. The van der Waals surface area contributed by atoms with Crippen LogP contribution in [0.25, 0.3) is 99.6 Å². The first kappa shape index (κ1) is 30.9. The number of nitrogens with zero attached hydrogens (tertiary/aromatic N) is 4. The molecule has 0 aliphatic carbocycles. The SMILES string of the molecule is c1ccc(-c2cc(-n3c4ccccc4c4c5ccccc5n(-c5ccccc5)c43)cc(-n3c4ccccc4c4c5ccccc5n(-c5ccccc5)c43)c2)cc1. The highest BCUT2D eigenvalue weighted by Crippen LogP contribution is 2.44. The Morgan fingerprint density at radius 2 is 0.536 bits per heavy atom. The van der Waals surface area contributed by atoms with E-state index in [1.165, 1.54) is 59.9 Å². The van der Waals surface area contributed by atoms with Crippen LogP contribution in [0.3, 0.4) is 0 Å². The van der Waals surface area contributed by atoms with Gasteiger partial charge in [-0.25, -0.2) is 0 Å². The zero-order valence-corrected chi connectivity index (χ0v) is 30.4. The second-order valence-corrected chi connectivity index (χ2v) is 14.6. The first-order valence-electron chi connectivity index (χ1n) is 19.2. The normalized spacial score (nSPS) is 11.9. The molecule has 0 unspecified atom stereocenters. The highest BCUT2D eigenvalue weighted by atomic mass is 15.2. The molecule has 0 N–H and O–H groups in total. The fraction of sp³-hybridized carbons (Fsp3) is 0. The molecular weight excluding hydrogens is 681 g/mol. The molecule has 56 heavy (non-hydrogen) atoms. The van der Waals surface area contributed by atoms with Crippen molar-refractivity contribution in [2.45, 2.75) is 0 Å². The first-order chi connectivity index (χ1) is 27.8. The first-order valence-corrected chi connectivity index (χ1v) is 19.2. The number of aromatic nitrogens is 4. The number of rotatable bonds is 5. The third kappa shape index (κ3) is 4.35. The minimum Gasteiger partial charge on any atom is -0.295 e. The molecule has 4 aromatic heterocycles. The van der Waals surface area contributed by atoms with Crippen molar-refractivity contribution in [2.24, 2.45) is 0 Å². The molecule has 4 heteroatoms. The van der Waals surface area contributed by atoms with E-state index in [1.807, 2.05) is 0 Å². The van der Waals surface area contributed by atoms with Crippen molar-refractivity contribution in [1.29, 1.82) is 0 Å². The molecule has 8 aromatic carbocycles. The van der Waals surface area contributed by atoms with E-state index in [2.05, 4.69) is 225 Å². The minimum atomic E-state index is 1.10. The van der Waals surface area contributed by atoms with Crippen LogP contribution in [-0.2, 0) is 0 Å². The molecule has 0 spiro atoms. The topological polar surface area (TPSA) is 19.7 Å². The van der Waals surface area contributed by atoms with Crippen LogP contribution in [0.1, 0.15) is 0 Å². The van der Waals surface area contributed by atoms with Gasteiger partial charge >= 0.3 is 0 Å². The summed E-state index contributed by atoms with van der Waals surface area (Å²) in [4.78, 5) is 0. The van der Waals surface area contributed by atoms with E-state index < -0.39 is 0 Å². The predicted molar refractivity (Wildman–Crippen MR) is 234 cm³/mol. The van der Waals surface area contributed by atoms with Gasteiger partial charge in [0.25, 0.3) is 0 Å². The third-order valence-corrected chi connectivity index (χ3v) is 11.5. The lowest BCUT2D eigenvalue weighted by atomic mass is 10.0. The second kappa shape index (κ2) is 12.0. The molecule has 0 radical (unpaired) electrons. The van der Waals surface area contributed by atoms with E-state index in [9.17, 15) is 0 Å². The lowest BCUT2D eigenvalue weighted by Gasteiger charge is -2.18. The fourth-order valence-electron chi connectivity index (χ4n) is 9.25. The zero-order chi connectivity index (χ0) is 36.7. The number of benzene rings is 8. The quantitative estimate of drug-likeness (QED) is 0.169. The van der Waals surface area contributed by atoms with E-state index in [4.69, 9.17) is 0 Å². The van der Waals surface area contributed by atoms with Crippen molar-refractivity contribution in [3.8, 4) is 33.9 Å². The molecule has 0 bridgehead atoms. The van der Waals surface area contributed by atoms with E-state index >= 15 is 0 Å². The molecule has 0 aliphatic heterocycles. The van der Waals surface area contributed by atoms with Gasteiger partial charge in [-0.3, -0.25) is 18.3 Å². The summed E-state index contributed by atoms with van der Waals surface area (Å²) in [6.07, 6.45) is 0. The Bertz CT molecular complexity index is 3240. The molecule has 0 aliphatic rings. The van der Waals surface area contributed by atoms with Crippen LogP contribution >= 0.6 is 0 Å². The Morgan fingerprint density at radius 1 is 0.232 bits per heavy atom. The standard InChI is InChI=1S/C52H34N4/c1-4-18-35(19-5-1)36-32-39(55-47-30-16-12-26-43(47)49-41-24-10-14-28-45(41)53(51(49)55)37-20-6-2-7-21-37)34-40(33-36)56-48-31-17-13-27-44(48)50-42-25-11-15-29-46(42)54(52(50)56)38-22-8-3-9-23-38/h1-34H. The number of hydrogen-bond acceptors (Lipinski definition) is 0. The van der Waals surface area contributed by atoms with E-state index in [0.29, 0.717) is 0 Å². The maximum absolute atomic E-state index is 2.49. The molecule has 0 amide bonds. The van der Waals surface area contributed by atoms with Crippen molar-refractivity contribution in [3.05, 3.63) is 206 Å². The maximum Gasteiger partial charge on any atom is 0.131 e. The van der Waals surface area contributed by atoms with Crippen molar-refractivity contribution >= 4 is 65.7 Å². The molecule has 12 rings (SSSR count). The van der Waals surface area contributed by atoms with Crippen LogP contribution < -0.4 is 0 Å². The van der Waals surface area contributed by atoms with Gasteiger partial charge in [-0.05, 0) is 77.9 Å². The van der Waals surface area contributed by atoms with Crippen LogP contribution in [-0.4, -0.2) is 18.3 Å². The van der Waals surface area contributed by atoms with Crippen LogP contribution in [0.2, 0.25) is 0 Å². The van der Waals surface area contributed by atoms with Gasteiger partial charge in [-0.15, -0.1) is 0 Å². The average Bonchev–Trinajstić information content (AvgIpc) is 3.99. The van der Waals surface area contributed by atoms with E-state index in [1.54, 1.807) is 0 Å². The summed E-state index contributed by atoms with van der Waals surface area (Å²) in [6, 6.07) is 74.9. The van der Waals surface area contributed by atoms with E-state index in [0.717, 1.165) is 39.6 Å². The van der Waals surface area contributed by atoms with Crippen LogP contribution in [0.15, 0.2) is 206 Å². The minimum absolute atomic E-state index is 1.10. The van der Waals surface area contributed by atoms with Crippen LogP contribution in [0.5, 0.6) is 0 Å². The van der Waals surface area contributed by atoms with Crippen molar-refractivity contribution < 1.29 is 0 Å². The molecule has 12 aromatic rings. The fourth-order valence-corrected chi connectivity index (χ4v) is 9.25. The highest BCUT2D eigenvalue weighted by molar-refractivity contribution is 6.23. The molecular formula is C52H34N4. The Labute approximate surface area is 322 Å². The van der Waals surface area contributed by atoms with Gasteiger partial charge < -0.3 is 0 Å². The molecule has 0 saturated carbocycles. The van der Waals surface area contributed by atoms with E-state index in [-0.39, 0.29) is 0 Å². The number of hydrogen-bond donors (Lipinski definition) is 0. The van der Waals surface area contributed by atoms with Crippen LogP contribution in [0.4, 0.5) is 0 Å². The Morgan fingerprint density at radius 3 is 0.911 bits per heavy atom. The molecule has 0 atom stereocenters. The average molecular weight is 715 g/mol. The maximum atomic E-state index is 2.49. The smallest absolute Gasteiger partial charge is 0.131 e. The lowest BCUT2D eigenvalue weighted by Crippen LogP contribution is -2.05. The number of para-hydroxylation sites is 6. The summed E-state index contributed by atoms with van der Waals surface area (Å²) in [5, 5.41) is 7.46. The van der Waals surface area contributed by atoms with Gasteiger partial charge in [0, 0.05) is 43.7 Å². The van der Waals surface area contributed by atoms with Crippen molar-refractivity contribution in [1.82, 2.24) is 18.3 Å². The molecule has 4 nitrogen and oxygen atoms in total. The summed E-state index contributed by atoms with van der Waals surface area (Å²) >= 11 is 0. The lowest BCUT2D eigenvalue weighted by molar-refractivity contribution is 1.05. The predicted octanol–water partition coefficient (Wildman–Crippen LogP) is 13.4. The summed E-state index contributed by atoms with van der Waals surface area (Å²) in [5.41, 5.74) is 13.8. The molecule has 0 fully saturated rings. The van der Waals surface area contributed by atoms with Crippen molar-refractivity contribution in [3.63, 3.8) is 0 Å². The van der Waals surface area contributed by atoms with Crippen LogP contribution in [0, 0.1) is 0 Å². The summed E-state index contributed by atoms with van der Waals surface area (Å²) in [7, 11) is 0. The zero-order valence-electron chi connectivity index (χ0n) is 30.4. The summed E-state index contributed by atoms with van der Waals surface area (Å²) in [6.45, 7) is 0. The summed E-state index contributed by atoms with van der Waals surface area (Å²) < 4.78 is 9.86. The Hall–Kier alpha value is -7.56. The van der Waals surface area contributed by atoms with Crippen molar-refractivity contribution in [2.75, 3.05) is 0 Å². The molecule has 0 saturated heterocycles. The van der Waals surface area contributed by atoms with Gasteiger partial charge in [0.05, 0.1) is 33.4 Å². The highest BCUT2D eigenvalue weighted by Gasteiger charge is 2.25. The Kier molecular flexibility index (Phi) is 6.60. The van der Waals surface area contributed by atoms with Gasteiger partial charge in [-0.1, -0.05) is 140 Å². The Balaban J connectivity index is 1.27. The molecule has 262 valence electrons. The second-order valence-electron chi connectivity index (χ2n) is 14.6. The van der Waals surface area contributed by atoms with Gasteiger partial charge in [0.2, 0.25) is 0 Å². The van der Waals surface area contributed by atoms with Gasteiger partial charge in [0.15, 0.2) is 0 Å².